The molecule has 2 heterocycles. The fourth-order valence-electron chi connectivity index (χ4n) is 2.05. The summed E-state index contributed by atoms with van der Waals surface area (Å²) in [5.41, 5.74) is 2.36. The number of benzene rings is 1. The van der Waals surface area contributed by atoms with Crippen molar-refractivity contribution in [1.29, 1.82) is 0 Å². The minimum absolute atomic E-state index is 0.805. The van der Waals surface area contributed by atoms with Gasteiger partial charge in [-0.15, -0.1) is 11.3 Å². The number of nitrogens with one attached hydrogen (secondary N) is 1. The number of nitrogens with zero attached hydrogens (tertiary/aromatic N) is 1. The smallest absolute Gasteiger partial charge is 0.0541 e. The van der Waals surface area contributed by atoms with Crippen molar-refractivity contribution >= 4 is 11.3 Å². The lowest BCUT2D eigenvalue weighted by Crippen LogP contribution is -2.12. The maximum Gasteiger partial charge on any atom is 0.0541 e. The van der Waals surface area contributed by atoms with Crippen molar-refractivity contribution in [3.8, 4) is 10.4 Å². The van der Waals surface area contributed by atoms with Crippen LogP contribution in [0.5, 0.6) is 0 Å². The van der Waals surface area contributed by atoms with Crippen molar-refractivity contribution in [2.75, 3.05) is 0 Å². The average molecular weight is 280 g/mol. The zero-order valence-corrected chi connectivity index (χ0v) is 11.9. The van der Waals surface area contributed by atoms with E-state index in [1.54, 1.807) is 0 Å². The lowest BCUT2D eigenvalue weighted by Gasteiger charge is -2.02. The van der Waals surface area contributed by atoms with Crippen molar-refractivity contribution < 1.29 is 0 Å². The highest BCUT2D eigenvalue weighted by Gasteiger charge is 2.02. The van der Waals surface area contributed by atoms with E-state index in [1.165, 1.54) is 15.3 Å². The van der Waals surface area contributed by atoms with Crippen LogP contribution in [0.25, 0.3) is 10.4 Å². The molecule has 0 saturated heterocycles. The monoisotopic (exact) mass is 280 g/mol. The number of hydrogen-bond donors (Lipinski definition) is 1. The summed E-state index contributed by atoms with van der Waals surface area (Å²) in [5, 5.41) is 3.43. The highest BCUT2D eigenvalue weighted by molar-refractivity contribution is 7.15. The Kier molecular flexibility index (Phi) is 4.21. The van der Waals surface area contributed by atoms with Gasteiger partial charge in [0.15, 0.2) is 0 Å². The molecule has 3 heteroatoms. The predicted molar refractivity (Wildman–Crippen MR) is 84.5 cm³/mol. The first-order chi connectivity index (χ1) is 9.92. The highest BCUT2D eigenvalue weighted by atomic mass is 32.1. The minimum atomic E-state index is 0.805. The van der Waals surface area contributed by atoms with Gasteiger partial charge in [-0.05, 0) is 29.8 Å². The van der Waals surface area contributed by atoms with Crippen molar-refractivity contribution in [3.63, 3.8) is 0 Å². The van der Waals surface area contributed by atoms with Crippen molar-refractivity contribution in [2.45, 2.75) is 13.1 Å². The summed E-state index contributed by atoms with van der Waals surface area (Å²) in [6, 6.07) is 20.9. The molecule has 0 aliphatic rings. The molecule has 2 aromatic heterocycles. The third-order valence-electron chi connectivity index (χ3n) is 3.05. The van der Waals surface area contributed by atoms with E-state index in [2.05, 4.69) is 46.7 Å². The quantitative estimate of drug-likeness (QED) is 0.761. The van der Waals surface area contributed by atoms with Crippen LogP contribution in [0.4, 0.5) is 0 Å². The SMILES string of the molecule is c1ccc(-c2ccc(CNCc3ccccn3)s2)cc1. The van der Waals surface area contributed by atoms with Crippen molar-refractivity contribution in [3.05, 3.63) is 77.4 Å². The van der Waals surface area contributed by atoms with Gasteiger partial charge in [0.25, 0.3) is 0 Å². The Balaban J connectivity index is 1.58. The van der Waals surface area contributed by atoms with Crippen LogP contribution < -0.4 is 5.32 Å². The Morgan fingerprint density at radius 3 is 2.50 bits per heavy atom. The summed E-state index contributed by atoms with van der Waals surface area (Å²) in [4.78, 5) is 6.97. The van der Waals surface area contributed by atoms with E-state index in [0.717, 1.165) is 18.8 Å². The number of hydrogen-bond acceptors (Lipinski definition) is 3. The Morgan fingerprint density at radius 1 is 0.850 bits per heavy atom. The first-order valence-corrected chi connectivity index (χ1v) is 7.48. The van der Waals surface area contributed by atoms with Crippen LogP contribution in [0.15, 0.2) is 66.9 Å². The number of rotatable bonds is 5. The summed E-state index contributed by atoms with van der Waals surface area (Å²) < 4.78 is 0. The molecular weight excluding hydrogens is 264 g/mol. The lowest BCUT2D eigenvalue weighted by molar-refractivity contribution is 0.686. The van der Waals surface area contributed by atoms with Gasteiger partial charge in [-0.3, -0.25) is 4.98 Å². The summed E-state index contributed by atoms with van der Waals surface area (Å²) in [6.07, 6.45) is 1.83. The van der Waals surface area contributed by atoms with E-state index >= 15 is 0 Å². The third-order valence-corrected chi connectivity index (χ3v) is 4.19. The van der Waals surface area contributed by atoms with Crippen molar-refractivity contribution in [2.24, 2.45) is 0 Å². The second kappa shape index (κ2) is 6.46. The van der Waals surface area contributed by atoms with Gasteiger partial charge in [0.2, 0.25) is 0 Å². The molecule has 3 rings (SSSR count). The molecule has 0 atom stereocenters. The summed E-state index contributed by atoms with van der Waals surface area (Å²) in [7, 11) is 0. The second-order valence-corrected chi connectivity index (χ2v) is 5.72. The first-order valence-electron chi connectivity index (χ1n) is 6.66. The standard InChI is InChI=1S/C17H16N2S/c1-2-6-14(7-3-1)17-10-9-16(20-17)13-18-12-15-8-4-5-11-19-15/h1-11,18H,12-13H2. The summed E-state index contributed by atoms with van der Waals surface area (Å²) >= 11 is 1.84. The Hall–Kier alpha value is -1.97. The number of thiophene rings is 1. The minimum Gasteiger partial charge on any atom is -0.306 e. The van der Waals surface area contributed by atoms with Crippen molar-refractivity contribution in [1.82, 2.24) is 10.3 Å². The van der Waals surface area contributed by atoms with Gasteiger partial charge >= 0.3 is 0 Å². The van der Waals surface area contributed by atoms with E-state index < -0.39 is 0 Å². The molecule has 1 N–H and O–H groups in total. The zero-order valence-electron chi connectivity index (χ0n) is 11.1. The Labute approximate surface area is 123 Å². The van der Waals surface area contributed by atoms with Crippen LogP contribution in [0.1, 0.15) is 10.6 Å². The van der Waals surface area contributed by atoms with E-state index in [9.17, 15) is 0 Å². The Morgan fingerprint density at radius 2 is 1.70 bits per heavy atom. The summed E-state index contributed by atoms with van der Waals surface area (Å²) in [5.74, 6) is 0. The molecule has 20 heavy (non-hydrogen) atoms. The van der Waals surface area contributed by atoms with Crippen LogP contribution >= 0.6 is 11.3 Å². The zero-order chi connectivity index (χ0) is 13.6. The molecule has 0 bridgehead atoms. The highest BCUT2D eigenvalue weighted by Crippen LogP contribution is 2.27. The maximum atomic E-state index is 4.30. The molecule has 0 unspecified atom stereocenters. The lowest BCUT2D eigenvalue weighted by atomic mass is 10.2. The largest absolute Gasteiger partial charge is 0.306 e. The molecule has 0 aliphatic heterocycles. The molecule has 0 amide bonds. The molecule has 0 saturated carbocycles. The van der Waals surface area contributed by atoms with E-state index in [4.69, 9.17) is 0 Å². The molecule has 100 valence electrons. The van der Waals surface area contributed by atoms with Gasteiger partial charge in [0.1, 0.15) is 0 Å². The first kappa shape index (κ1) is 13.0. The third kappa shape index (κ3) is 3.32. The van der Waals surface area contributed by atoms with Gasteiger partial charge in [-0.1, -0.05) is 36.4 Å². The van der Waals surface area contributed by atoms with Crippen LogP contribution in [-0.2, 0) is 13.1 Å². The second-order valence-electron chi connectivity index (χ2n) is 4.56. The number of pyridine rings is 1. The normalized spacial score (nSPS) is 10.6. The van der Waals surface area contributed by atoms with E-state index in [0.29, 0.717) is 0 Å². The molecule has 2 nitrogen and oxygen atoms in total. The van der Waals surface area contributed by atoms with Gasteiger partial charge in [0, 0.05) is 29.0 Å². The van der Waals surface area contributed by atoms with Crippen LogP contribution in [0.3, 0.4) is 0 Å². The van der Waals surface area contributed by atoms with Gasteiger partial charge in [-0.2, -0.15) is 0 Å². The molecule has 0 radical (unpaired) electrons. The maximum absolute atomic E-state index is 4.30. The molecule has 1 aromatic carbocycles. The average Bonchev–Trinajstić information content (AvgIpc) is 2.98. The van der Waals surface area contributed by atoms with Crippen LogP contribution in [0, 0.1) is 0 Å². The van der Waals surface area contributed by atoms with Gasteiger partial charge < -0.3 is 5.32 Å². The Bertz CT molecular complexity index is 647. The summed E-state index contributed by atoms with van der Waals surface area (Å²) in [6.45, 7) is 1.69. The van der Waals surface area contributed by atoms with Crippen LogP contribution in [0.2, 0.25) is 0 Å². The van der Waals surface area contributed by atoms with E-state index in [-0.39, 0.29) is 0 Å². The number of aromatic nitrogens is 1. The molecular formula is C17H16N2S. The molecule has 0 aliphatic carbocycles. The fraction of sp³-hybridized carbons (Fsp3) is 0.118. The molecule has 3 aromatic rings. The van der Waals surface area contributed by atoms with Crippen LogP contribution in [-0.4, -0.2) is 4.98 Å². The van der Waals surface area contributed by atoms with E-state index in [1.807, 2.05) is 41.8 Å². The molecule has 0 fully saturated rings. The topological polar surface area (TPSA) is 24.9 Å². The van der Waals surface area contributed by atoms with Gasteiger partial charge in [0.05, 0.1) is 5.69 Å². The molecule has 0 spiro atoms. The van der Waals surface area contributed by atoms with Gasteiger partial charge in [-0.25, -0.2) is 0 Å². The predicted octanol–water partition coefficient (Wildman–Crippen LogP) is 4.10. The fourth-order valence-corrected chi connectivity index (χ4v) is 3.03.